The van der Waals surface area contributed by atoms with E-state index in [0.717, 1.165) is 22.5 Å². The lowest BCUT2D eigenvalue weighted by Crippen LogP contribution is -2.54. The van der Waals surface area contributed by atoms with Crippen LogP contribution in [0.2, 0.25) is 0 Å². The highest BCUT2D eigenvalue weighted by molar-refractivity contribution is 6.01. The fraction of sp³-hybridized carbons (Fsp3) is 0.441. The first kappa shape index (κ1) is 33.2. The molecule has 3 aromatic rings. The number of ether oxygens (including phenoxy) is 1. The highest BCUT2D eigenvalue weighted by Gasteiger charge is 2.30. The number of rotatable bonds is 8. The highest BCUT2D eigenvalue weighted by Crippen LogP contribution is 2.20. The Labute approximate surface area is 264 Å². The summed E-state index contributed by atoms with van der Waals surface area (Å²) in [6, 6.07) is 14.0. The first-order valence-corrected chi connectivity index (χ1v) is 15.4. The molecule has 0 aliphatic carbocycles. The first-order valence-electron chi connectivity index (χ1n) is 15.4. The fourth-order valence-electron chi connectivity index (χ4n) is 5.52. The van der Waals surface area contributed by atoms with Crippen LogP contribution in [0.15, 0.2) is 54.6 Å². The maximum atomic E-state index is 13.6. The van der Waals surface area contributed by atoms with E-state index in [0.29, 0.717) is 31.6 Å². The van der Waals surface area contributed by atoms with E-state index in [-0.39, 0.29) is 30.4 Å². The number of benzene rings is 2. The molecule has 0 saturated carbocycles. The van der Waals surface area contributed by atoms with Gasteiger partial charge in [0.25, 0.3) is 5.91 Å². The molecule has 2 heterocycles. The summed E-state index contributed by atoms with van der Waals surface area (Å²) < 4.78 is 7.93. The van der Waals surface area contributed by atoms with Crippen LogP contribution >= 0.6 is 0 Å². The number of amides is 4. The van der Waals surface area contributed by atoms with E-state index in [1.54, 1.807) is 28.9 Å². The number of hydrogen-bond acceptors (Lipinski definition) is 6. The van der Waals surface area contributed by atoms with E-state index in [1.165, 1.54) is 0 Å². The molecule has 4 N–H and O–H groups in total. The number of fused-ring (bicyclic) bond motifs is 1. The molecule has 0 bridgehead atoms. The Morgan fingerprint density at radius 2 is 1.73 bits per heavy atom. The maximum absolute atomic E-state index is 13.6. The summed E-state index contributed by atoms with van der Waals surface area (Å²) in [5, 5.41) is 15.9. The molecule has 0 spiro atoms. The Balaban J connectivity index is 1.58. The third-order valence-electron chi connectivity index (χ3n) is 7.95. The molecular formula is C34H44N6O5. The number of hydrogen-bond donors (Lipinski definition) is 4. The smallest absolute Gasteiger partial charge is 0.255 e. The van der Waals surface area contributed by atoms with E-state index in [2.05, 4.69) is 26.4 Å². The van der Waals surface area contributed by atoms with Crippen molar-refractivity contribution in [3.05, 3.63) is 82.7 Å². The van der Waals surface area contributed by atoms with Crippen molar-refractivity contribution in [3.8, 4) is 5.75 Å². The largest absolute Gasteiger partial charge is 0.491 e. The minimum absolute atomic E-state index is 0.0877. The van der Waals surface area contributed by atoms with Crippen LogP contribution in [0.4, 0.5) is 0 Å². The van der Waals surface area contributed by atoms with Crippen LogP contribution in [0.1, 0.15) is 59.6 Å². The molecule has 0 unspecified atom stereocenters. The molecular weight excluding hydrogens is 572 g/mol. The first-order chi connectivity index (χ1) is 21.5. The summed E-state index contributed by atoms with van der Waals surface area (Å²) in [6.45, 7) is 8.19. The predicted octanol–water partition coefficient (Wildman–Crippen LogP) is 2.54. The van der Waals surface area contributed by atoms with Gasteiger partial charge in [-0.2, -0.15) is 5.10 Å². The number of carbonyl (C=O) groups is 4. The number of para-hydroxylation sites is 1. The normalized spacial score (nSPS) is 19.4. The summed E-state index contributed by atoms with van der Waals surface area (Å²) in [4.78, 5) is 53.9. The van der Waals surface area contributed by atoms with Crippen LogP contribution in [0.5, 0.6) is 5.75 Å². The summed E-state index contributed by atoms with van der Waals surface area (Å²) in [5.41, 5.74) is 4.14. The number of nitrogens with one attached hydrogen (secondary N) is 4. The summed E-state index contributed by atoms with van der Waals surface area (Å²) in [7, 11) is 1.87. The number of nitrogens with zero attached hydrogens (tertiary/aromatic N) is 2. The van der Waals surface area contributed by atoms with Crippen molar-refractivity contribution in [2.24, 2.45) is 13.0 Å². The zero-order valence-electron chi connectivity index (χ0n) is 26.7. The monoisotopic (exact) mass is 616 g/mol. The highest BCUT2D eigenvalue weighted by atomic mass is 16.5. The van der Waals surface area contributed by atoms with Crippen LogP contribution in [-0.2, 0) is 34.3 Å². The van der Waals surface area contributed by atoms with Crippen molar-refractivity contribution in [2.75, 3.05) is 13.2 Å². The van der Waals surface area contributed by atoms with Gasteiger partial charge in [-0.1, -0.05) is 56.3 Å². The van der Waals surface area contributed by atoms with Crippen LogP contribution in [0.3, 0.4) is 0 Å². The van der Waals surface area contributed by atoms with Gasteiger partial charge in [-0.15, -0.1) is 0 Å². The van der Waals surface area contributed by atoms with Crippen molar-refractivity contribution in [1.82, 2.24) is 31.0 Å². The topological polar surface area (TPSA) is 143 Å². The minimum atomic E-state index is -1.18. The molecule has 1 aliphatic rings. The molecule has 1 aliphatic heterocycles. The van der Waals surface area contributed by atoms with E-state index < -0.39 is 35.8 Å². The van der Waals surface area contributed by atoms with Crippen LogP contribution in [-0.4, -0.2) is 64.7 Å². The molecule has 11 nitrogen and oxygen atoms in total. The van der Waals surface area contributed by atoms with Crippen molar-refractivity contribution < 1.29 is 23.9 Å². The van der Waals surface area contributed by atoms with Gasteiger partial charge in [0.2, 0.25) is 17.7 Å². The molecule has 0 fully saturated rings. The van der Waals surface area contributed by atoms with Crippen LogP contribution in [0, 0.1) is 19.8 Å². The average molecular weight is 617 g/mol. The van der Waals surface area contributed by atoms with Gasteiger partial charge >= 0.3 is 0 Å². The van der Waals surface area contributed by atoms with E-state index in [1.807, 2.05) is 65.1 Å². The molecule has 0 radical (unpaired) electrons. The SMILES string of the molecule is Cc1nn(C)c(C)c1CCNC(=O)[C@@H]1CC(=O)N[C@@H](CC(C)C)C(=O)N[C@H](Cc2ccccc2)COc2ccccc2C(=O)N1. The van der Waals surface area contributed by atoms with Gasteiger partial charge in [-0.3, -0.25) is 23.9 Å². The minimum Gasteiger partial charge on any atom is -0.491 e. The van der Waals surface area contributed by atoms with Gasteiger partial charge in [0.05, 0.1) is 23.7 Å². The van der Waals surface area contributed by atoms with E-state index in [4.69, 9.17) is 4.74 Å². The summed E-state index contributed by atoms with van der Waals surface area (Å²) in [5.74, 6) is -1.48. The van der Waals surface area contributed by atoms with Crippen LogP contribution in [0.25, 0.3) is 0 Å². The Bertz CT molecular complexity index is 1500. The second-order valence-electron chi connectivity index (χ2n) is 12.0. The van der Waals surface area contributed by atoms with Gasteiger partial charge in [0.1, 0.15) is 24.4 Å². The number of aromatic nitrogens is 2. The molecule has 2 aromatic carbocycles. The van der Waals surface area contributed by atoms with Crippen molar-refractivity contribution in [2.45, 2.75) is 71.5 Å². The van der Waals surface area contributed by atoms with Crippen molar-refractivity contribution in [3.63, 3.8) is 0 Å². The molecule has 240 valence electrons. The molecule has 4 rings (SSSR count). The quantitative estimate of drug-likeness (QED) is 0.306. The lowest BCUT2D eigenvalue weighted by molar-refractivity contribution is -0.131. The number of carbonyl (C=O) groups excluding carboxylic acids is 4. The third kappa shape index (κ3) is 9.17. The van der Waals surface area contributed by atoms with E-state index >= 15 is 0 Å². The number of aryl methyl sites for hydroxylation is 2. The summed E-state index contributed by atoms with van der Waals surface area (Å²) in [6.07, 6.45) is 1.08. The predicted molar refractivity (Wildman–Crippen MR) is 171 cm³/mol. The van der Waals surface area contributed by atoms with Gasteiger partial charge in [-0.05, 0) is 62.3 Å². The zero-order valence-corrected chi connectivity index (χ0v) is 26.7. The molecule has 1 aromatic heterocycles. The van der Waals surface area contributed by atoms with Gasteiger partial charge < -0.3 is 26.0 Å². The van der Waals surface area contributed by atoms with Gasteiger partial charge in [0.15, 0.2) is 0 Å². The standard InChI is InChI=1S/C34H44N6O5/c1-21(2)17-28-34(44)36-25(18-24-11-7-6-8-12-24)20-45-30-14-10-9-13-27(30)32(42)38-29(19-31(41)37-28)33(43)35-16-15-26-22(3)39-40(5)23(26)4/h6-14,21,25,28-29H,15-20H2,1-5H3,(H,35,43)(H,36,44)(H,37,41)(H,38,42)/t25-,28+,29+/m1/s1. The van der Waals surface area contributed by atoms with Gasteiger partial charge in [-0.25, -0.2) is 0 Å². The Morgan fingerprint density at radius 3 is 2.42 bits per heavy atom. The van der Waals surface area contributed by atoms with Gasteiger partial charge in [0, 0.05) is 19.3 Å². The molecule has 11 heteroatoms. The van der Waals surface area contributed by atoms with Crippen molar-refractivity contribution >= 4 is 23.6 Å². The lowest BCUT2D eigenvalue weighted by atomic mass is 10.0. The molecule has 4 amide bonds. The zero-order chi connectivity index (χ0) is 32.5. The third-order valence-corrected chi connectivity index (χ3v) is 7.95. The Kier molecular flexibility index (Phi) is 11.3. The lowest BCUT2D eigenvalue weighted by Gasteiger charge is -2.27. The maximum Gasteiger partial charge on any atom is 0.255 e. The van der Waals surface area contributed by atoms with Crippen LogP contribution < -0.4 is 26.0 Å². The Morgan fingerprint density at radius 1 is 1.02 bits per heavy atom. The molecule has 3 atom stereocenters. The second-order valence-corrected chi connectivity index (χ2v) is 12.0. The Hall–Kier alpha value is -4.67. The summed E-state index contributed by atoms with van der Waals surface area (Å²) >= 11 is 0. The van der Waals surface area contributed by atoms with Crippen molar-refractivity contribution in [1.29, 1.82) is 0 Å². The fourth-order valence-corrected chi connectivity index (χ4v) is 5.52. The second kappa shape index (κ2) is 15.4. The molecule has 0 saturated heterocycles. The molecule has 45 heavy (non-hydrogen) atoms. The average Bonchev–Trinajstić information content (AvgIpc) is 3.24. The van der Waals surface area contributed by atoms with E-state index in [9.17, 15) is 19.2 Å².